The normalized spacial score (nSPS) is 19.5. The van der Waals surface area contributed by atoms with Gasteiger partial charge < -0.3 is 8.66 Å². The summed E-state index contributed by atoms with van der Waals surface area (Å²) < 4.78 is 8.84. The van der Waals surface area contributed by atoms with Crippen LogP contribution in [0.1, 0.15) is 5.69 Å². The highest BCUT2D eigenvalue weighted by Gasteiger charge is 2.39. The Morgan fingerprint density at radius 2 is 1.68 bits per heavy atom. The van der Waals surface area contributed by atoms with Gasteiger partial charge in [-0.15, -0.1) is 0 Å². The quantitative estimate of drug-likeness (QED) is 0.632. The first-order chi connectivity index (χ1) is 10.8. The predicted molar refractivity (Wildman–Crippen MR) is 91.8 cm³/mol. The lowest BCUT2D eigenvalue weighted by Crippen LogP contribution is -2.58. The lowest BCUT2D eigenvalue weighted by molar-refractivity contribution is 0.541. The van der Waals surface area contributed by atoms with Crippen LogP contribution in [0.2, 0.25) is 6.55 Å². The molecule has 1 aromatic heterocycles. The maximum absolute atomic E-state index is 6.58. The number of aliphatic imine (C=N–C) groups is 1. The average molecular weight is 304 g/mol. The highest BCUT2D eigenvalue weighted by atomic mass is 28.4. The predicted octanol–water partition coefficient (Wildman–Crippen LogP) is 3.46. The molecule has 108 valence electrons. The van der Waals surface area contributed by atoms with Gasteiger partial charge in [-0.2, -0.15) is 0 Å². The molecule has 1 atom stereocenters. The van der Waals surface area contributed by atoms with Crippen LogP contribution in [0.5, 0.6) is 5.75 Å². The zero-order valence-electron chi connectivity index (χ0n) is 12.3. The Hall–Kier alpha value is -2.59. The average Bonchev–Trinajstić information content (AvgIpc) is 3.02. The van der Waals surface area contributed by atoms with Crippen LogP contribution in [-0.4, -0.2) is 18.9 Å². The molecule has 2 heterocycles. The fraction of sp³-hybridized carbons (Fsp3) is 0.0556. The van der Waals surface area contributed by atoms with Crippen molar-refractivity contribution >= 4 is 25.6 Å². The second-order valence-electron chi connectivity index (χ2n) is 5.48. The lowest BCUT2D eigenvalue weighted by atomic mass is 10.3. The van der Waals surface area contributed by atoms with Crippen LogP contribution >= 0.6 is 0 Å². The van der Waals surface area contributed by atoms with Gasteiger partial charge in [0.05, 0.1) is 11.9 Å². The first kappa shape index (κ1) is 13.1. The minimum absolute atomic E-state index is 0.844. The van der Waals surface area contributed by atoms with Crippen LogP contribution < -0.4 is 9.61 Å². The van der Waals surface area contributed by atoms with E-state index in [1.165, 1.54) is 5.19 Å². The fourth-order valence-electron chi connectivity index (χ4n) is 2.88. The molecular weight excluding hydrogens is 288 g/mol. The Morgan fingerprint density at radius 1 is 0.909 bits per heavy atom. The van der Waals surface area contributed by atoms with Gasteiger partial charge in [-0.25, -0.2) is 0 Å². The van der Waals surface area contributed by atoms with Crippen molar-refractivity contribution in [2.75, 3.05) is 0 Å². The second-order valence-corrected chi connectivity index (χ2v) is 8.71. The van der Waals surface area contributed by atoms with Crippen LogP contribution in [0.3, 0.4) is 0 Å². The molecule has 0 amide bonds. The Labute approximate surface area is 130 Å². The summed E-state index contributed by atoms with van der Waals surface area (Å²) >= 11 is 0. The van der Waals surface area contributed by atoms with Crippen LogP contribution in [0.4, 0.5) is 5.69 Å². The zero-order chi connectivity index (χ0) is 15.0. The second kappa shape index (κ2) is 5.00. The van der Waals surface area contributed by atoms with Gasteiger partial charge in [-0.3, -0.25) is 4.99 Å². The molecule has 0 N–H and O–H groups in total. The Balaban J connectivity index is 1.97. The largest absolute Gasteiger partial charge is 0.519 e. The molecule has 0 bridgehead atoms. The third-order valence-corrected chi connectivity index (χ3v) is 7.41. The summed E-state index contributed by atoms with van der Waals surface area (Å²) in [6, 6.07) is 22.6. The summed E-state index contributed by atoms with van der Waals surface area (Å²) in [6.45, 7) is 2.22. The molecule has 0 aliphatic carbocycles. The smallest absolute Gasteiger partial charge is 0.395 e. The summed E-state index contributed by atoms with van der Waals surface area (Å²) in [4.78, 5) is 4.57. The monoisotopic (exact) mass is 304 g/mol. The molecule has 0 saturated carbocycles. The molecule has 3 nitrogen and oxygen atoms in total. The Kier molecular flexibility index (Phi) is 2.97. The number of benzene rings is 2. The van der Waals surface area contributed by atoms with Gasteiger partial charge in [0, 0.05) is 0 Å². The lowest BCUT2D eigenvalue weighted by Gasteiger charge is -2.32. The van der Waals surface area contributed by atoms with E-state index in [1.54, 1.807) is 0 Å². The van der Waals surface area contributed by atoms with E-state index < -0.39 is 8.48 Å². The van der Waals surface area contributed by atoms with Crippen molar-refractivity contribution in [2.45, 2.75) is 6.55 Å². The summed E-state index contributed by atoms with van der Waals surface area (Å²) in [6.07, 6.45) is 4.02. The van der Waals surface area contributed by atoms with Gasteiger partial charge in [-0.1, -0.05) is 42.5 Å². The highest BCUT2D eigenvalue weighted by molar-refractivity contribution is 6.85. The van der Waals surface area contributed by atoms with Crippen molar-refractivity contribution < 1.29 is 4.43 Å². The number of nitrogens with zero attached hydrogens (tertiary/aromatic N) is 2. The maximum atomic E-state index is 6.58. The fourth-order valence-corrected chi connectivity index (χ4v) is 5.78. The minimum Gasteiger partial charge on any atom is -0.519 e. The van der Waals surface area contributed by atoms with Crippen molar-refractivity contribution in [2.24, 2.45) is 4.99 Å². The zero-order valence-corrected chi connectivity index (χ0v) is 13.3. The molecule has 4 heteroatoms. The minimum atomic E-state index is -2.39. The van der Waals surface area contributed by atoms with E-state index in [0.717, 1.165) is 17.1 Å². The first-order valence-corrected chi connectivity index (χ1v) is 9.68. The van der Waals surface area contributed by atoms with E-state index in [-0.39, 0.29) is 0 Å². The molecule has 0 fully saturated rings. The number of para-hydroxylation sites is 2. The maximum Gasteiger partial charge on any atom is 0.395 e. The van der Waals surface area contributed by atoms with Crippen molar-refractivity contribution in [3.63, 3.8) is 0 Å². The van der Waals surface area contributed by atoms with Crippen LogP contribution in [0.25, 0.3) is 0 Å². The molecule has 4 rings (SSSR count). The van der Waals surface area contributed by atoms with Gasteiger partial charge >= 0.3 is 8.48 Å². The molecular formula is C18H16N2OSi. The van der Waals surface area contributed by atoms with Gasteiger partial charge in [0.1, 0.15) is 11.4 Å². The molecule has 22 heavy (non-hydrogen) atoms. The van der Waals surface area contributed by atoms with E-state index in [2.05, 4.69) is 58.4 Å². The number of hydrogen-bond acceptors (Lipinski definition) is 2. The van der Waals surface area contributed by atoms with Gasteiger partial charge in [-0.05, 0) is 42.2 Å². The van der Waals surface area contributed by atoms with Crippen molar-refractivity contribution in [3.05, 3.63) is 78.6 Å². The van der Waals surface area contributed by atoms with Crippen LogP contribution in [-0.2, 0) is 0 Å². The molecule has 0 radical (unpaired) electrons. The first-order valence-electron chi connectivity index (χ1n) is 7.33. The third-order valence-electron chi connectivity index (χ3n) is 4.06. The van der Waals surface area contributed by atoms with E-state index in [4.69, 9.17) is 4.43 Å². The Bertz CT molecular complexity index is 841. The van der Waals surface area contributed by atoms with E-state index in [0.29, 0.717) is 0 Å². The highest BCUT2D eigenvalue weighted by Crippen LogP contribution is 2.31. The summed E-state index contributed by atoms with van der Waals surface area (Å²) in [5, 5.41) is 1.23. The van der Waals surface area contributed by atoms with E-state index in [9.17, 15) is 0 Å². The van der Waals surface area contributed by atoms with E-state index in [1.807, 2.05) is 36.5 Å². The van der Waals surface area contributed by atoms with Gasteiger partial charge in [0.15, 0.2) is 0 Å². The van der Waals surface area contributed by atoms with Crippen molar-refractivity contribution in [1.29, 1.82) is 0 Å². The Morgan fingerprint density at radius 3 is 2.55 bits per heavy atom. The molecule has 1 aliphatic heterocycles. The topological polar surface area (TPSA) is 26.5 Å². The number of hydrogen-bond donors (Lipinski definition) is 0. The van der Waals surface area contributed by atoms with Crippen molar-refractivity contribution in [3.8, 4) is 5.75 Å². The number of fused-ring (bicyclic) bond motifs is 2. The van der Waals surface area contributed by atoms with Gasteiger partial charge in [0.25, 0.3) is 0 Å². The molecule has 0 saturated heterocycles. The molecule has 1 aliphatic rings. The standard InChI is InChI=1S/C18H16N2OSi/c1-22(16-9-3-2-4-10-16)20-13-7-8-15(20)14-19-17-11-5-6-12-18(17)21-22/h2-14H,1H3. The van der Waals surface area contributed by atoms with Gasteiger partial charge in [0.2, 0.25) is 0 Å². The summed E-state index contributed by atoms with van der Waals surface area (Å²) in [5.41, 5.74) is 1.96. The number of rotatable bonds is 1. The van der Waals surface area contributed by atoms with Crippen LogP contribution in [0.15, 0.2) is 77.9 Å². The van der Waals surface area contributed by atoms with Crippen LogP contribution in [0, 0.1) is 0 Å². The van der Waals surface area contributed by atoms with E-state index >= 15 is 0 Å². The summed E-state index contributed by atoms with van der Waals surface area (Å²) in [5.74, 6) is 0.844. The molecule has 1 unspecified atom stereocenters. The van der Waals surface area contributed by atoms with Crippen molar-refractivity contribution in [1.82, 2.24) is 4.23 Å². The molecule has 0 spiro atoms. The third kappa shape index (κ3) is 2.00. The number of aromatic nitrogens is 1. The molecule has 3 aromatic rings. The summed E-state index contributed by atoms with van der Waals surface area (Å²) in [7, 11) is -2.39. The molecule has 2 aromatic carbocycles. The SMILES string of the molecule is C[Si]1(c2ccccc2)Oc2ccccc2N=Cc2cccn21.